The summed E-state index contributed by atoms with van der Waals surface area (Å²) in [5.41, 5.74) is 4.56. The van der Waals surface area contributed by atoms with Gasteiger partial charge in [0.1, 0.15) is 5.82 Å². The second-order valence-electron chi connectivity index (χ2n) is 7.34. The Bertz CT molecular complexity index is 814. The molecular formula is C21H24FNO2. The molecule has 0 radical (unpaired) electrons. The maximum atomic E-state index is 13.8. The topological polar surface area (TPSA) is 38.3 Å². The summed E-state index contributed by atoms with van der Waals surface area (Å²) in [5.74, 6) is -0.520. The van der Waals surface area contributed by atoms with Crippen molar-refractivity contribution in [2.75, 3.05) is 11.9 Å². The number of rotatable bonds is 3. The molecule has 0 aromatic heterocycles. The molecule has 1 aliphatic rings. The minimum Gasteiger partial charge on any atom is -0.462 e. The first-order valence-corrected chi connectivity index (χ1v) is 8.64. The molecule has 1 N–H and O–H groups in total. The molecule has 1 atom stereocenters. The number of fused-ring (bicyclic) bond motifs is 1. The summed E-state index contributed by atoms with van der Waals surface area (Å²) in [5, 5.41) is 3.55. The molecule has 1 unspecified atom stereocenters. The monoisotopic (exact) mass is 341 g/mol. The normalized spacial score (nSPS) is 18.2. The zero-order chi connectivity index (χ0) is 18.2. The van der Waals surface area contributed by atoms with E-state index < -0.39 is 0 Å². The maximum absolute atomic E-state index is 13.8. The number of nitrogens with one attached hydrogen (secondary N) is 1. The van der Waals surface area contributed by atoms with Crippen LogP contribution in [0.5, 0.6) is 0 Å². The van der Waals surface area contributed by atoms with Crippen molar-refractivity contribution in [2.24, 2.45) is 5.41 Å². The van der Waals surface area contributed by atoms with Crippen molar-refractivity contribution in [2.45, 2.75) is 40.2 Å². The second-order valence-corrected chi connectivity index (χ2v) is 7.34. The third-order valence-electron chi connectivity index (χ3n) is 4.90. The Kier molecular flexibility index (Phi) is 4.55. The molecule has 132 valence electrons. The highest BCUT2D eigenvalue weighted by atomic mass is 19.1. The van der Waals surface area contributed by atoms with Crippen molar-refractivity contribution >= 4 is 11.7 Å². The molecule has 0 saturated carbocycles. The van der Waals surface area contributed by atoms with E-state index in [4.69, 9.17) is 4.74 Å². The molecule has 3 nitrogen and oxygen atoms in total. The molecule has 0 fully saturated rings. The van der Waals surface area contributed by atoms with Gasteiger partial charge in [-0.05, 0) is 72.7 Å². The number of benzene rings is 2. The fourth-order valence-electron chi connectivity index (χ4n) is 3.59. The van der Waals surface area contributed by atoms with Gasteiger partial charge < -0.3 is 10.1 Å². The lowest BCUT2D eigenvalue weighted by molar-refractivity contribution is 0.0526. The van der Waals surface area contributed by atoms with Crippen molar-refractivity contribution < 1.29 is 13.9 Å². The molecule has 0 saturated heterocycles. The predicted molar refractivity (Wildman–Crippen MR) is 97.4 cm³/mol. The van der Waals surface area contributed by atoms with Crippen molar-refractivity contribution in [3.63, 3.8) is 0 Å². The fraction of sp³-hybridized carbons (Fsp3) is 0.381. The van der Waals surface area contributed by atoms with Gasteiger partial charge in [0.2, 0.25) is 0 Å². The molecule has 2 aromatic carbocycles. The van der Waals surface area contributed by atoms with Gasteiger partial charge in [-0.3, -0.25) is 0 Å². The molecule has 2 aromatic rings. The van der Waals surface area contributed by atoms with E-state index in [2.05, 4.69) is 19.2 Å². The lowest BCUT2D eigenvalue weighted by atomic mass is 9.72. The van der Waals surface area contributed by atoms with Gasteiger partial charge in [0, 0.05) is 5.69 Å². The highest BCUT2D eigenvalue weighted by Crippen LogP contribution is 2.45. The molecular weight excluding hydrogens is 317 g/mol. The number of ether oxygens (including phenoxy) is 1. The summed E-state index contributed by atoms with van der Waals surface area (Å²) >= 11 is 0. The van der Waals surface area contributed by atoms with Crippen LogP contribution >= 0.6 is 0 Å². The minimum atomic E-state index is -0.300. The first-order valence-electron chi connectivity index (χ1n) is 8.64. The molecule has 0 aliphatic carbocycles. The van der Waals surface area contributed by atoms with Gasteiger partial charge in [-0.15, -0.1) is 0 Å². The standard InChI is InChI=1S/C21H24FNO2/c1-5-25-20(24)14-7-9-18-15(10-14)12-21(3,4)19(23-18)17-11-16(22)8-6-13(17)2/h6-11,19,23H,5,12H2,1-4H3. The molecule has 0 spiro atoms. The van der Waals surface area contributed by atoms with Crippen molar-refractivity contribution in [3.05, 3.63) is 64.5 Å². The Labute approximate surface area is 148 Å². The number of esters is 1. The van der Waals surface area contributed by atoms with Crippen LogP contribution in [0.15, 0.2) is 36.4 Å². The smallest absolute Gasteiger partial charge is 0.338 e. The third kappa shape index (κ3) is 3.39. The van der Waals surface area contributed by atoms with E-state index in [9.17, 15) is 9.18 Å². The Morgan fingerprint density at radius 2 is 2.04 bits per heavy atom. The van der Waals surface area contributed by atoms with Gasteiger partial charge in [0.05, 0.1) is 18.2 Å². The first-order chi connectivity index (χ1) is 11.8. The Hall–Kier alpha value is -2.36. The van der Waals surface area contributed by atoms with E-state index in [0.29, 0.717) is 12.2 Å². The third-order valence-corrected chi connectivity index (χ3v) is 4.90. The van der Waals surface area contributed by atoms with E-state index >= 15 is 0 Å². The van der Waals surface area contributed by atoms with Crippen molar-refractivity contribution in [1.82, 2.24) is 0 Å². The van der Waals surface area contributed by atoms with Crippen LogP contribution in [0.3, 0.4) is 0 Å². The number of hydrogen-bond acceptors (Lipinski definition) is 3. The maximum Gasteiger partial charge on any atom is 0.338 e. The van der Waals surface area contributed by atoms with Crippen LogP contribution in [0.25, 0.3) is 0 Å². The van der Waals surface area contributed by atoms with Gasteiger partial charge in [-0.25, -0.2) is 9.18 Å². The molecule has 4 heteroatoms. The zero-order valence-corrected chi connectivity index (χ0v) is 15.2. The van der Waals surface area contributed by atoms with Crippen molar-refractivity contribution in [3.8, 4) is 0 Å². The summed E-state index contributed by atoms with van der Waals surface area (Å²) < 4.78 is 18.9. The summed E-state index contributed by atoms with van der Waals surface area (Å²) in [6.07, 6.45) is 0.795. The fourth-order valence-corrected chi connectivity index (χ4v) is 3.59. The van der Waals surface area contributed by atoms with Crippen LogP contribution in [-0.2, 0) is 11.2 Å². The number of aryl methyl sites for hydroxylation is 1. The Morgan fingerprint density at radius 3 is 2.76 bits per heavy atom. The second kappa shape index (κ2) is 6.51. The van der Waals surface area contributed by atoms with Crippen LogP contribution in [0.4, 0.5) is 10.1 Å². The molecule has 1 heterocycles. The Balaban J connectivity index is 1.98. The Morgan fingerprint density at radius 1 is 1.28 bits per heavy atom. The van der Waals surface area contributed by atoms with E-state index in [1.807, 2.05) is 25.1 Å². The van der Waals surface area contributed by atoms with Gasteiger partial charge >= 0.3 is 5.97 Å². The number of hydrogen-bond donors (Lipinski definition) is 1. The molecule has 3 rings (SSSR count). The summed E-state index contributed by atoms with van der Waals surface area (Å²) in [4.78, 5) is 12.0. The lowest BCUT2D eigenvalue weighted by Crippen LogP contribution is -2.35. The van der Waals surface area contributed by atoms with E-state index in [1.54, 1.807) is 19.1 Å². The average molecular weight is 341 g/mol. The van der Waals surface area contributed by atoms with Gasteiger partial charge in [0.25, 0.3) is 0 Å². The molecule has 0 bridgehead atoms. The number of anilines is 1. The van der Waals surface area contributed by atoms with Gasteiger partial charge in [-0.2, -0.15) is 0 Å². The minimum absolute atomic E-state index is 0.00384. The van der Waals surface area contributed by atoms with Crippen LogP contribution in [0, 0.1) is 18.2 Å². The quantitative estimate of drug-likeness (QED) is 0.794. The molecule has 0 amide bonds. The highest BCUT2D eigenvalue weighted by Gasteiger charge is 2.37. The van der Waals surface area contributed by atoms with Crippen LogP contribution in [0.1, 0.15) is 53.9 Å². The first kappa shape index (κ1) is 17.5. The lowest BCUT2D eigenvalue weighted by Gasteiger charge is -2.42. The van der Waals surface area contributed by atoms with E-state index in [1.165, 1.54) is 6.07 Å². The predicted octanol–water partition coefficient (Wildman–Crippen LogP) is 5.05. The van der Waals surface area contributed by atoms with Crippen molar-refractivity contribution in [1.29, 1.82) is 0 Å². The number of halogens is 1. The van der Waals surface area contributed by atoms with Crippen LogP contribution in [-0.4, -0.2) is 12.6 Å². The van der Waals surface area contributed by atoms with Gasteiger partial charge in [0.15, 0.2) is 0 Å². The zero-order valence-electron chi connectivity index (χ0n) is 15.2. The summed E-state index contributed by atoms with van der Waals surface area (Å²) in [6, 6.07) is 10.5. The molecule has 1 aliphatic heterocycles. The number of carbonyl (C=O) groups excluding carboxylic acids is 1. The SMILES string of the molecule is CCOC(=O)c1ccc2c(c1)CC(C)(C)C(c1cc(F)ccc1C)N2. The largest absolute Gasteiger partial charge is 0.462 e. The highest BCUT2D eigenvalue weighted by molar-refractivity contribution is 5.90. The average Bonchev–Trinajstić information content (AvgIpc) is 2.55. The van der Waals surface area contributed by atoms with E-state index in [0.717, 1.165) is 28.8 Å². The number of carbonyl (C=O) groups is 1. The van der Waals surface area contributed by atoms with Gasteiger partial charge in [-0.1, -0.05) is 19.9 Å². The summed E-state index contributed by atoms with van der Waals surface area (Å²) in [7, 11) is 0. The molecule has 25 heavy (non-hydrogen) atoms. The van der Waals surface area contributed by atoms with E-state index in [-0.39, 0.29) is 23.2 Å². The van der Waals surface area contributed by atoms with Crippen LogP contribution < -0.4 is 5.32 Å². The van der Waals surface area contributed by atoms with Crippen LogP contribution in [0.2, 0.25) is 0 Å². The summed E-state index contributed by atoms with van der Waals surface area (Å²) in [6.45, 7) is 8.49.